The molecule has 9 heteroatoms. The monoisotopic (exact) mass is 409 g/mol. The van der Waals surface area contributed by atoms with Crippen molar-refractivity contribution in [1.29, 1.82) is 0 Å². The number of hydrogen-bond donors (Lipinski definition) is 1. The van der Waals surface area contributed by atoms with E-state index in [0.717, 1.165) is 23.1 Å². The first-order valence-electron chi connectivity index (χ1n) is 8.56. The summed E-state index contributed by atoms with van der Waals surface area (Å²) in [6.07, 6.45) is -4.29. The van der Waals surface area contributed by atoms with E-state index in [1.165, 1.54) is 11.3 Å². The molecule has 0 aliphatic carbocycles. The summed E-state index contributed by atoms with van der Waals surface area (Å²) in [5.74, 6) is -0.457. The van der Waals surface area contributed by atoms with Gasteiger partial charge in [0.25, 0.3) is 5.56 Å². The van der Waals surface area contributed by atoms with Crippen molar-refractivity contribution in [3.05, 3.63) is 74.3 Å². The second-order valence-corrected chi connectivity index (χ2v) is 7.49. The maximum absolute atomic E-state index is 14.1. The number of aromatic amines is 1. The number of thiophene rings is 1. The predicted molar refractivity (Wildman–Crippen MR) is 97.4 cm³/mol. The second-order valence-electron chi connectivity index (χ2n) is 6.54. The summed E-state index contributed by atoms with van der Waals surface area (Å²) in [5, 5.41) is 1.86. The van der Waals surface area contributed by atoms with E-state index in [4.69, 9.17) is 0 Å². The lowest BCUT2D eigenvalue weighted by Gasteiger charge is -2.28. The molecule has 1 N–H and O–H groups in total. The molecule has 1 aromatic carbocycles. The van der Waals surface area contributed by atoms with Crippen LogP contribution in [0.5, 0.6) is 0 Å². The van der Waals surface area contributed by atoms with Crippen molar-refractivity contribution in [3.8, 4) is 10.7 Å². The molecule has 0 saturated carbocycles. The van der Waals surface area contributed by atoms with E-state index in [0.29, 0.717) is 30.0 Å². The van der Waals surface area contributed by atoms with Crippen molar-refractivity contribution in [1.82, 2.24) is 14.9 Å². The lowest BCUT2D eigenvalue weighted by atomic mass is 10.0. The van der Waals surface area contributed by atoms with Gasteiger partial charge in [0.15, 0.2) is 5.82 Å². The first-order valence-corrected chi connectivity index (χ1v) is 9.44. The zero-order valence-electron chi connectivity index (χ0n) is 14.5. The maximum Gasteiger partial charge on any atom is 0.416 e. The van der Waals surface area contributed by atoms with Gasteiger partial charge in [-0.1, -0.05) is 12.1 Å². The van der Waals surface area contributed by atoms with Gasteiger partial charge in [0, 0.05) is 30.8 Å². The van der Waals surface area contributed by atoms with E-state index >= 15 is 0 Å². The number of nitrogens with zero attached hydrogens (tertiary/aromatic N) is 2. The molecule has 0 amide bonds. The lowest BCUT2D eigenvalue weighted by Crippen LogP contribution is -2.35. The van der Waals surface area contributed by atoms with Gasteiger partial charge in [-0.15, -0.1) is 11.3 Å². The molecule has 1 aliphatic rings. The molecule has 4 rings (SSSR count). The van der Waals surface area contributed by atoms with Crippen molar-refractivity contribution in [2.45, 2.75) is 25.7 Å². The second kappa shape index (κ2) is 7.14. The number of nitrogens with one attached hydrogen (secondary N) is 1. The van der Waals surface area contributed by atoms with Crippen LogP contribution in [-0.4, -0.2) is 21.4 Å². The Balaban J connectivity index is 1.65. The molecule has 0 saturated heterocycles. The maximum atomic E-state index is 14.1. The normalized spacial score (nSPS) is 14.9. The summed E-state index contributed by atoms with van der Waals surface area (Å²) in [5.41, 5.74) is -0.558. The van der Waals surface area contributed by atoms with Crippen molar-refractivity contribution < 1.29 is 17.6 Å². The third kappa shape index (κ3) is 3.59. The van der Waals surface area contributed by atoms with Crippen LogP contribution in [0.2, 0.25) is 0 Å². The van der Waals surface area contributed by atoms with Gasteiger partial charge >= 0.3 is 6.18 Å². The van der Waals surface area contributed by atoms with E-state index in [9.17, 15) is 22.4 Å². The Hall–Kier alpha value is -2.52. The van der Waals surface area contributed by atoms with Gasteiger partial charge in [-0.25, -0.2) is 9.37 Å². The van der Waals surface area contributed by atoms with Crippen LogP contribution in [0.1, 0.15) is 22.4 Å². The summed E-state index contributed by atoms with van der Waals surface area (Å²) < 4.78 is 53.9. The van der Waals surface area contributed by atoms with Crippen LogP contribution in [0.4, 0.5) is 17.6 Å². The van der Waals surface area contributed by atoms with Gasteiger partial charge in [0.2, 0.25) is 0 Å². The van der Waals surface area contributed by atoms with Gasteiger partial charge in [0.1, 0.15) is 5.82 Å². The molecule has 0 fully saturated rings. The van der Waals surface area contributed by atoms with Crippen LogP contribution in [-0.2, 0) is 25.7 Å². The average molecular weight is 409 g/mol. The molecule has 2 aromatic heterocycles. The van der Waals surface area contributed by atoms with Gasteiger partial charge in [-0.05, 0) is 30.0 Å². The number of benzene rings is 1. The van der Waals surface area contributed by atoms with E-state index in [1.54, 1.807) is 4.90 Å². The first kappa shape index (κ1) is 18.8. The number of alkyl halides is 3. The van der Waals surface area contributed by atoms with Crippen molar-refractivity contribution in [3.63, 3.8) is 0 Å². The van der Waals surface area contributed by atoms with Crippen LogP contribution in [0.3, 0.4) is 0 Å². The molecule has 0 spiro atoms. The van der Waals surface area contributed by atoms with E-state index in [2.05, 4.69) is 9.97 Å². The minimum absolute atomic E-state index is 0.184. The summed E-state index contributed by atoms with van der Waals surface area (Å²) in [6.45, 7) is 0.328. The van der Waals surface area contributed by atoms with Crippen molar-refractivity contribution in [2.75, 3.05) is 6.54 Å². The number of H-pyrrole nitrogens is 1. The highest BCUT2D eigenvalue weighted by Crippen LogP contribution is 2.34. The molecular weight excluding hydrogens is 394 g/mol. The standard InChI is InChI=1S/C19H15F4N3OS/c20-14-4-1-3-13(19(21,22)23)12(14)9-26-7-6-11-15(10-26)24-17(25-18(11)27)16-5-2-8-28-16/h1-5,8H,6-7,9-10H2,(H,24,25,27). The van der Waals surface area contributed by atoms with Crippen LogP contribution in [0.25, 0.3) is 10.7 Å². The Morgan fingerprint density at radius 1 is 1.21 bits per heavy atom. The largest absolute Gasteiger partial charge is 0.416 e. The Bertz CT molecular complexity index is 1060. The van der Waals surface area contributed by atoms with Gasteiger partial charge in [-0.2, -0.15) is 13.2 Å². The quantitative estimate of drug-likeness (QED) is 0.660. The molecule has 0 unspecified atom stereocenters. The number of hydrogen-bond acceptors (Lipinski definition) is 4. The SMILES string of the molecule is O=c1[nH]c(-c2cccs2)nc2c1CCN(Cc1c(F)cccc1C(F)(F)F)C2. The number of halogens is 4. The molecule has 3 aromatic rings. The Kier molecular flexibility index (Phi) is 4.80. The highest BCUT2D eigenvalue weighted by Gasteiger charge is 2.35. The minimum atomic E-state index is -4.63. The van der Waals surface area contributed by atoms with Crippen molar-refractivity contribution in [2.24, 2.45) is 0 Å². The zero-order valence-corrected chi connectivity index (χ0v) is 15.3. The number of rotatable bonds is 3. The van der Waals surface area contributed by atoms with Gasteiger partial charge in [0.05, 0.1) is 16.1 Å². The molecule has 3 heterocycles. The molecule has 4 nitrogen and oxygen atoms in total. The summed E-state index contributed by atoms with van der Waals surface area (Å²) in [4.78, 5) is 22.1. The molecule has 146 valence electrons. The molecule has 28 heavy (non-hydrogen) atoms. The fraction of sp³-hybridized carbons (Fsp3) is 0.263. The van der Waals surface area contributed by atoms with Gasteiger partial charge in [-0.3, -0.25) is 9.69 Å². The fourth-order valence-corrected chi connectivity index (χ4v) is 4.04. The van der Waals surface area contributed by atoms with Crippen molar-refractivity contribution >= 4 is 11.3 Å². The van der Waals surface area contributed by atoms with Gasteiger partial charge < -0.3 is 4.98 Å². The van der Waals surface area contributed by atoms with E-state index in [1.807, 2.05) is 17.5 Å². The predicted octanol–water partition coefficient (Wildman–Crippen LogP) is 4.21. The Morgan fingerprint density at radius 2 is 2.04 bits per heavy atom. The molecule has 0 bridgehead atoms. The highest BCUT2D eigenvalue weighted by molar-refractivity contribution is 7.13. The van der Waals surface area contributed by atoms with Crippen LogP contribution in [0, 0.1) is 5.82 Å². The van der Waals surface area contributed by atoms with E-state index in [-0.39, 0.29) is 24.2 Å². The highest BCUT2D eigenvalue weighted by atomic mass is 32.1. The summed E-state index contributed by atoms with van der Waals surface area (Å²) in [7, 11) is 0. The number of aromatic nitrogens is 2. The Morgan fingerprint density at radius 3 is 2.75 bits per heavy atom. The molecule has 0 atom stereocenters. The molecular formula is C19H15F4N3OS. The Labute approximate surface area is 161 Å². The molecule has 0 radical (unpaired) electrons. The zero-order chi connectivity index (χ0) is 19.9. The van der Waals surface area contributed by atoms with Crippen LogP contribution < -0.4 is 5.56 Å². The smallest absolute Gasteiger partial charge is 0.306 e. The first-order chi connectivity index (χ1) is 13.3. The third-order valence-corrected chi connectivity index (χ3v) is 5.59. The summed E-state index contributed by atoms with van der Waals surface area (Å²) in [6, 6.07) is 6.63. The van der Waals surface area contributed by atoms with Crippen LogP contribution in [0.15, 0.2) is 40.5 Å². The molecule has 1 aliphatic heterocycles. The summed E-state index contributed by atoms with van der Waals surface area (Å²) >= 11 is 1.42. The third-order valence-electron chi connectivity index (χ3n) is 4.71. The fourth-order valence-electron chi connectivity index (χ4n) is 3.37. The lowest BCUT2D eigenvalue weighted by molar-refractivity contribution is -0.138. The number of fused-ring (bicyclic) bond motifs is 1. The average Bonchev–Trinajstić information content (AvgIpc) is 3.17. The topological polar surface area (TPSA) is 49.0 Å². The van der Waals surface area contributed by atoms with E-state index < -0.39 is 17.6 Å². The minimum Gasteiger partial charge on any atom is -0.306 e. The van der Waals surface area contributed by atoms with Crippen LogP contribution >= 0.6 is 11.3 Å².